The molecular formula is C27H39N3O2S. The zero-order valence-corrected chi connectivity index (χ0v) is 21.4. The van der Waals surface area contributed by atoms with Crippen LogP contribution in [-0.4, -0.2) is 54.3 Å². The number of benzene rings is 1. The normalized spacial score (nSPS) is 18.1. The number of hydrogen-bond donors (Lipinski definition) is 1. The molecule has 3 rings (SSSR count). The van der Waals surface area contributed by atoms with Gasteiger partial charge in [-0.3, -0.25) is 9.59 Å². The fraction of sp³-hybridized carbons (Fsp3) is 0.556. The summed E-state index contributed by atoms with van der Waals surface area (Å²) in [5, 5.41) is 5.24. The predicted octanol–water partition coefficient (Wildman–Crippen LogP) is 5.31. The molecule has 0 aliphatic carbocycles. The van der Waals surface area contributed by atoms with Crippen molar-refractivity contribution in [2.24, 2.45) is 5.92 Å². The molecule has 1 aromatic heterocycles. The average molecular weight is 470 g/mol. The maximum absolute atomic E-state index is 13.6. The number of rotatable bonds is 12. The Morgan fingerprint density at radius 1 is 1.09 bits per heavy atom. The molecule has 5 nitrogen and oxygen atoms in total. The number of nitrogens with zero attached hydrogens (tertiary/aromatic N) is 2. The molecule has 6 heteroatoms. The Kier molecular flexibility index (Phi) is 9.51. The maximum Gasteiger partial charge on any atom is 0.254 e. The summed E-state index contributed by atoms with van der Waals surface area (Å²) >= 11 is 1.62. The van der Waals surface area contributed by atoms with E-state index in [-0.39, 0.29) is 17.9 Å². The van der Waals surface area contributed by atoms with Crippen LogP contribution in [0.1, 0.15) is 79.7 Å². The third-order valence-corrected chi connectivity index (χ3v) is 7.09. The molecule has 1 aliphatic rings. The molecule has 2 amide bonds. The molecule has 0 unspecified atom stereocenters. The highest BCUT2D eigenvalue weighted by Crippen LogP contribution is 2.44. The third-order valence-electron chi connectivity index (χ3n) is 6.15. The van der Waals surface area contributed by atoms with E-state index in [1.54, 1.807) is 11.3 Å². The van der Waals surface area contributed by atoms with E-state index >= 15 is 0 Å². The van der Waals surface area contributed by atoms with E-state index in [2.05, 4.69) is 44.0 Å². The average Bonchev–Trinajstić information content (AvgIpc) is 3.32. The Hall–Kier alpha value is -2.18. The van der Waals surface area contributed by atoms with Gasteiger partial charge in [0.05, 0.1) is 12.0 Å². The van der Waals surface area contributed by atoms with Crippen LogP contribution in [0.25, 0.3) is 0 Å². The van der Waals surface area contributed by atoms with Crippen molar-refractivity contribution in [3.8, 4) is 0 Å². The number of amides is 2. The van der Waals surface area contributed by atoms with E-state index in [0.717, 1.165) is 49.3 Å². The lowest BCUT2D eigenvalue weighted by atomic mass is 9.81. The second kappa shape index (κ2) is 12.3. The standard InChI is InChI=1S/C27H39N3O2S/c1-5-15-29(16-6-2)17-10-14-28-26(31)24-21-11-7-8-12-22(21)27(32)30(19-20(3)4)25(24)23-13-9-18-33-23/h7-9,11-13,18,20,24-25H,5-6,10,14-17,19H2,1-4H3,(H,28,31)/t24-,25+/m0/s1. The van der Waals surface area contributed by atoms with Crippen LogP contribution in [0.5, 0.6) is 0 Å². The topological polar surface area (TPSA) is 52.7 Å². The Morgan fingerprint density at radius 3 is 2.45 bits per heavy atom. The Morgan fingerprint density at radius 2 is 1.82 bits per heavy atom. The summed E-state index contributed by atoms with van der Waals surface area (Å²) in [4.78, 5) is 32.6. The van der Waals surface area contributed by atoms with Crippen molar-refractivity contribution in [1.82, 2.24) is 15.1 Å². The molecule has 2 atom stereocenters. The molecule has 0 spiro atoms. The molecule has 1 aromatic carbocycles. The van der Waals surface area contributed by atoms with Crippen LogP contribution >= 0.6 is 11.3 Å². The van der Waals surface area contributed by atoms with Gasteiger partial charge in [0.25, 0.3) is 5.91 Å². The van der Waals surface area contributed by atoms with Crippen LogP contribution in [0.2, 0.25) is 0 Å². The zero-order valence-electron chi connectivity index (χ0n) is 20.5. The first-order chi connectivity index (χ1) is 16.0. The van der Waals surface area contributed by atoms with Gasteiger partial charge in [0, 0.05) is 23.5 Å². The lowest BCUT2D eigenvalue weighted by Crippen LogP contribution is -2.48. The molecule has 33 heavy (non-hydrogen) atoms. The molecule has 2 aromatic rings. The number of nitrogens with one attached hydrogen (secondary N) is 1. The zero-order chi connectivity index (χ0) is 23.8. The largest absolute Gasteiger partial charge is 0.355 e. The van der Waals surface area contributed by atoms with E-state index < -0.39 is 5.92 Å². The van der Waals surface area contributed by atoms with Crippen LogP contribution in [-0.2, 0) is 4.79 Å². The van der Waals surface area contributed by atoms with Crippen molar-refractivity contribution in [3.05, 3.63) is 57.8 Å². The summed E-state index contributed by atoms with van der Waals surface area (Å²) in [6.45, 7) is 13.1. The third kappa shape index (κ3) is 6.24. The molecular weight excluding hydrogens is 430 g/mol. The smallest absolute Gasteiger partial charge is 0.254 e. The van der Waals surface area contributed by atoms with Crippen molar-refractivity contribution >= 4 is 23.2 Å². The van der Waals surface area contributed by atoms with Gasteiger partial charge in [-0.2, -0.15) is 0 Å². The van der Waals surface area contributed by atoms with Crippen LogP contribution in [0, 0.1) is 5.92 Å². The summed E-state index contributed by atoms with van der Waals surface area (Å²) in [6.07, 6.45) is 3.22. The van der Waals surface area contributed by atoms with Crippen molar-refractivity contribution < 1.29 is 9.59 Å². The van der Waals surface area contributed by atoms with Crippen LogP contribution < -0.4 is 5.32 Å². The fourth-order valence-electron chi connectivity index (χ4n) is 4.84. The SMILES string of the molecule is CCCN(CCC)CCCNC(=O)[C@H]1c2ccccc2C(=O)N(CC(C)C)[C@@H]1c1cccs1. The van der Waals surface area contributed by atoms with Gasteiger partial charge < -0.3 is 15.1 Å². The Balaban J connectivity index is 1.83. The summed E-state index contributed by atoms with van der Waals surface area (Å²) in [7, 11) is 0. The van der Waals surface area contributed by atoms with E-state index in [0.29, 0.717) is 24.6 Å². The molecule has 0 saturated heterocycles. The van der Waals surface area contributed by atoms with E-state index in [1.807, 2.05) is 40.6 Å². The highest BCUT2D eigenvalue weighted by Gasteiger charge is 2.44. The van der Waals surface area contributed by atoms with Gasteiger partial charge in [0.1, 0.15) is 0 Å². The van der Waals surface area contributed by atoms with E-state index in [1.165, 1.54) is 0 Å². The second-order valence-electron chi connectivity index (χ2n) is 9.36. The lowest BCUT2D eigenvalue weighted by molar-refractivity contribution is -0.124. The summed E-state index contributed by atoms with van der Waals surface area (Å²) in [5.74, 6) is -0.0525. The molecule has 1 N–H and O–H groups in total. The highest BCUT2D eigenvalue weighted by atomic mass is 32.1. The first kappa shape index (κ1) is 25.4. The van der Waals surface area contributed by atoms with E-state index in [9.17, 15) is 9.59 Å². The molecule has 0 radical (unpaired) electrons. The van der Waals surface area contributed by atoms with Gasteiger partial charge >= 0.3 is 0 Å². The molecule has 0 fully saturated rings. The maximum atomic E-state index is 13.6. The van der Waals surface area contributed by atoms with Gasteiger partial charge in [-0.1, -0.05) is 52.0 Å². The number of fused-ring (bicyclic) bond motifs is 1. The molecule has 0 saturated carbocycles. The number of thiophene rings is 1. The van der Waals surface area contributed by atoms with Crippen LogP contribution in [0.4, 0.5) is 0 Å². The molecule has 2 heterocycles. The van der Waals surface area contributed by atoms with Crippen molar-refractivity contribution in [1.29, 1.82) is 0 Å². The number of carbonyl (C=O) groups is 2. The van der Waals surface area contributed by atoms with Gasteiger partial charge in [0.15, 0.2) is 0 Å². The molecule has 180 valence electrons. The minimum absolute atomic E-state index is 0.0136. The predicted molar refractivity (Wildman–Crippen MR) is 137 cm³/mol. The van der Waals surface area contributed by atoms with Gasteiger partial charge in [0.2, 0.25) is 5.91 Å². The van der Waals surface area contributed by atoms with Crippen LogP contribution in [0.15, 0.2) is 41.8 Å². The Labute approximate surface area is 203 Å². The number of hydrogen-bond acceptors (Lipinski definition) is 4. The monoisotopic (exact) mass is 469 g/mol. The van der Waals surface area contributed by atoms with Crippen molar-refractivity contribution in [2.45, 2.75) is 58.9 Å². The molecule has 1 aliphatic heterocycles. The highest BCUT2D eigenvalue weighted by molar-refractivity contribution is 7.10. The second-order valence-corrected chi connectivity index (χ2v) is 10.3. The van der Waals surface area contributed by atoms with Gasteiger partial charge in [-0.05, 0) is 67.9 Å². The van der Waals surface area contributed by atoms with Gasteiger partial charge in [-0.25, -0.2) is 0 Å². The molecule has 0 bridgehead atoms. The summed E-state index contributed by atoms with van der Waals surface area (Å²) in [5.41, 5.74) is 1.50. The quantitative estimate of drug-likeness (QED) is 0.429. The van der Waals surface area contributed by atoms with Gasteiger partial charge in [-0.15, -0.1) is 11.3 Å². The lowest BCUT2D eigenvalue weighted by Gasteiger charge is -2.42. The van der Waals surface area contributed by atoms with Crippen molar-refractivity contribution in [2.75, 3.05) is 32.7 Å². The fourth-order valence-corrected chi connectivity index (χ4v) is 5.71. The minimum Gasteiger partial charge on any atom is -0.355 e. The summed E-state index contributed by atoms with van der Waals surface area (Å²) < 4.78 is 0. The minimum atomic E-state index is -0.404. The number of carbonyl (C=O) groups excluding carboxylic acids is 2. The summed E-state index contributed by atoms with van der Waals surface area (Å²) in [6, 6.07) is 11.4. The first-order valence-electron chi connectivity index (χ1n) is 12.4. The Bertz CT molecular complexity index is 891. The van der Waals surface area contributed by atoms with E-state index in [4.69, 9.17) is 0 Å². The van der Waals surface area contributed by atoms with Crippen LogP contribution in [0.3, 0.4) is 0 Å². The van der Waals surface area contributed by atoms with Crippen molar-refractivity contribution in [3.63, 3.8) is 0 Å². The first-order valence-corrected chi connectivity index (χ1v) is 13.3.